The molecular formula is C29H44N4O3. The summed E-state index contributed by atoms with van der Waals surface area (Å²) < 4.78 is 6.21. The highest BCUT2D eigenvalue weighted by molar-refractivity contribution is 5.93. The molecule has 7 heteroatoms. The second-order valence-corrected chi connectivity index (χ2v) is 9.95. The van der Waals surface area contributed by atoms with Crippen molar-refractivity contribution in [2.75, 3.05) is 26.2 Å². The number of aliphatic hydroxyl groups excluding tert-OH is 1. The Kier molecular flexibility index (Phi) is 11.6. The molecule has 2 heterocycles. The number of hydrogen-bond acceptors (Lipinski definition) is 6. The fourth-order valence-corrected chi connectivity index (χ4v) is 4.75. The van der Waals surface area contributed by atoms with Gasteiger partial charge in [-0.15, -0.1) is 5.10 Å². The third kappa shape index (κ3) is 8.86. The minimum absolute atomic E-state index is 0.194. The van der Waals surface area contributed by atoms with Gasteiger partial charge in [0.1, 0.15) is 5.76 Å². The van der Waals surface area contributed by atoms with Crippen molar-refractivity contribution in [1.29, 1.82) is 0 Å². The van der Waals surface area contributed by atoms with Crippen LogP contribution in [0.5, 0.6) is 0 Å². The topological polar surface area (TPSA) is 87.6 Å². The van der Waals surface area contributed by atoms with Gasteiger partial charge in [0.05, 0.1) is 17.9 Å². The van der Waals surface area contributed by atoms with Gasteiger partial charge in [-0.25, -0.2) is 0 Å². The molecule has 7 nitrogen and oxygen atoms in total. The minimum Gasteiger partial charge on any atom is -0.491 e. The normalized spacial score (nSPS) is 18.5. The summed E-state index contributed by atoms with van der Waals surface area (Å²) in [5.41, 5.74) is 2.82. The lowest BCUT2D eigenvalue weighted by atomic mass is 9.98. The van der Waals surface area contributed by atoms with Gasteiger partial charge in [0.25, 0.3) is 5.91 Å². The van der Waals surface area contributed by atoms with Gasteiger partial charge in [0, 0.05) is 31.7 Å². The van der Waals surface area contributed by atoms with E-state index in [1.807, 2.05) is 31.2 Å². The first-order valence-electron chi connectivity index (χ1n) is 13.8. The number of rotatable bonds is 12. The second kappa shape index (κ2) is 14.9. The maximum atomic E-state index is 12.8. The number of aliphatic hydroxyl groups is 1. The summed E-state index contributed by atoms with van der Waals surface area (Å²) >= 11 is 0. The SMILES string of the molecule is C=C(/C=C\C(=C/C)OC1CCCCC1)c1cc(C(=O)NCCN2CCC(O)CC2)nnc1CCCC. The molecule has 0 aromatic carbocycles. The summed E-state index contributed by atoms with van der Waals surface area (Å²) in [5, 5.41) is 21.3. The molecule has 1 aromatic rings. The number of carbonyl (C=O) groups is 1. The highest BCUT2D eigenvalue weighted by Crippen LogP contribution is 2.24. The molecule has 3 rings (SSSR count). The highest BCUT2D eigenvalue weighted by Gasteiger charge is 2.18. The molecule has 36 heavy (non-hydrogen) atoms. The number of allylic oxidation sites excluding steroid dienone is 4. The Morgan fingerprint density at radius 3 is 2.64 bits per heavy atom. The molecule has 0 atom stereocenters. The lowest BCUT2D eigenvalue weighted by Gasteiger charge is -2.29. The first kappa shape index (κ1) is 28.1. The maximum Gasteiger partial charge on any atom is 0.271 e. The number of amides is 1. The van der Waals surface area contributed by atoms with E-state index >= 15 is 0 Å². The van der Waals surface area contributed by atoms with Crippen molar-refractivity contribution in [2.24, 2.45) is 0 Å². The quantitative estimate of drug-likeness (QED) is 0.318. The summed E-state index contributed by atoms with van der Waals surface area (Å²) in [6.45, 7) is 11.4. The van der Waals surface area contributed by atoms with Gasteiger partial charge in [-0.2, -0.15) is 5.10 Å². The average Bonchev–Trinajstić information content (AvgIpc) is 2.91. The fourth-order valence-electron chi connectivity index (χ4n) is 4.75. The molecule has 1 aromatic heterocycles. The minimum atomic E-state index is -0.227. The average molecular weight is 497 g/mol. The van der Waals surface area contributed by atoms with Crippen molar-refractivity contribution >= 4 is 11.5 Å². The number of carbonyl (C=O) groups excluding carboxylic acids is 1. The number of likely N-dealkylation sites (tertiary alicyclic amines) is 1. The van der Waals surface area contributed by atoms with E-state index < -0.39 is 0 Å². The number of nitrogens with zero attached hydrogens (tertiary/aromatic N) is 3. The first-order chi connectivity index (χ1) is 17.5. The summed E-state index contributed by atoms with van der Waals surface area (Å²) in [4.78, 5) is 15.1. The number of ether oxygens (including phenoxy) is 1. The van der Waals surface area contributed by atoms with E-state index in [4.69, 9.17) is 4.74 Å². The molecule has 1 aliphatic heterocycles. The van der Waals surface area contributed by atoms with Crippen LogP contribution in [0.4, 0.5) is 0 Å². The number of aromatic nitrogens is 2. The summed E-state index contributed by atoms with van der Waals surface area (Å²) in [7, 11) is 0. The van der Waals surface area contributed by atoms with E-state index in [0.717, 1.165) is 87.2 Å². The van der Waals surface area contributed by atoms with Crippen molar-refractivity contribution in [3.63, 3.8) is 0 Å². The Morgan fingerprint density at radius 2 is 1.94 bits per heavy atom. The maximum absolute atomic E-state index is 12.8. The van der Waals surface area contributed by atoms with Crippen LogP contribution in [0.2, 0.25) is 0 Å². The van der Waals surface area contributed by atoms with Gasteiger partial charge in [-0.05, 0) is 82.1 Å². The van der Waals surface area contributed by atoms with Gasteiger partial charge in [-0.1, -0.05) is 32.4 Å². The third-order valence-corrected chi connectivity index (χ3v) is 7.08. The van der Waals surface area contributed by atoms with Crippen LogP contribution in [0.25, 0.3) is 5.57 Å². The summed E-state index contributed by atoms with van der Waals surface area (Å²) in [6, 6.07) is 1.81. The van der Waals surface area contributed by atoms with Crippen LogP contribution in [-0.4, -0.2) is 64.5 Å². The molecule has 1 saturated heterocycles. The zero-order chi connectivity index (χ0) is 25.8. The molecule has 2 N–H and O–H groups in total. The van der Waals surface area contributed by atoms with Crippen molar-refractivity contribution in [1.82, 2.24) is 20.4 Å². The first-order valence-corrected chi connectivity index (χ1v) is 13.8. The number of hydrogen-bond donors (Lipinski definition) is 2. The molecule has 1 amide bonds. The summed E-state index contributed by atoms with van der Waals surface area (Å²) in [5.74, 6) is 0.623. The van der Waals surface area contributed by atoms with Crippen LogP contribution in [0.1, 0.15) is 93.4 Å². The number of aryl methyl sites for hydroxylation is 1. The zero-order valence-corrected chi connectivity index (χ0v) is 22.2. The molecule has 2 fully saturated rings. The standard InChI is InChI=1S/C29H44N4O3/c1-4-6-12-27-26(22(3)13-14-24(5-2)36-25-10-8-7-9-11-25)21-28(32-31-27)29(35)30-17-20-33-18-15-23(34)16-19-33/h5,13-14,21,23,25,34H,3-4,6-12,15-20H2,1-2H3,(H,30,35)/b14-13-,24-5+. The van der Waals surface area contributed by atoms with E-state index in [1.165, 1.54) is 19.3 Å². The Morgan fingerprint density at radius 1 is 1.19 bits per heavy atom. The predicted octanol–water partition coefficient (Wildman–Crippen LogP) is 4.83. The number of nitrogens with one attached hydrogen (secondary N) is 1. The van der Waals surface area contributed by atoms with Crippen LogP contribution < -0.4 is 5.32 Å². The van der Waals surface area contributed by atoms with Crippen molar-refractivity contribution in [3.8, 4) is 0 Å². The van der Waals surface area contributed by atoms with Crippen LogP contribution in [-0.2, 0) is 11.2 Å². The Hall–Kier alpha value is -2.51. The monoisotopic (exact) mass is 496 g/mol. The highest BCUT2D eigenvalue weighted by atomic mass is 16.5. The van der Waals surface area contributed by atoms with Crippen LogP contribution >= 0.6 is 0 Å². The largest absolute Gasteiger partial charge is 0.491 e. The van der Waals surface area contributed by atoms with Gasteiger partial charge >= 0.3 is 0 Å². The number of unbranched alkanes of at least 4 members (excludes halogenated alkanes) is 1. The molecule has 0 bridgehead atoms. The van der Waals surface area contributed by atoms with Crippen LogP contribution in [0.15, 0.2) is 36.6 Å². The van der Waals surface area contributed by atoms with E-state index in [-0.39, 0.29) is 18.1 Å². The van der Waals surface area contributed by atoms with Gasteiger partial charge in [0.15, 0.2) is 5.69 Å². The molecule has 2 aliphatic rings. The van der Waals surface area contributed by atoms with Gasteiger partial charge in [-0.3, -0.25) is 4.79 Å². The van der Waals surface area contributed by atoms with E-state index in [1.54, 1.807) is 0 Å². The number of piperidine rings is 1. The van der Waals surface area contributed by atoms with E-state index in [9.17, 15) is 9.90 Å². The molecule has 0 radical (unpaired) electrons. The van der Waals surface area contributed by atoms with Gasteiger partial charge < -0.3 is 20.1 Å². The smallest absolute Gasteiger partial charge is 0.271 e. The van der Waals surface area contributed by atoms with E-state index in [0.29, 0.717) is 12.2 Å². The van der Waals surface area contributed by atoms with E-state index in [2.05, 4.69) is 33.9 Å². The lowest BCUT2D eigenvalue weighted by Crippen LogP contribution is -2.41. The summed E-state index contributed by atoms with van der Waals surface area (Å²) in [6.07, 6.45) is 16.4. The molecule has 1 aliphatic carbocycles. The van der Waals surface area contributed by atoms with Crippen molar-refractivity contribution in [2.45, 2.75) is 90.3 Å². The molecule has 0 unspecified atom stereocenters. The van der Waals surface area contributed by atoms with Crippen molar-refractivity contribution in [3.05, 3.63) is 53.6 Å². The van der Waals surface area contributed by atoms with Crippen molar-refractivity contribution < 1.29 is 14.6 Å². The van der Waals surface area contributed by atoms with Crippen LogP contribution in [0, 0.1) is 0 Å². The van der Waals surface area contributed by atoms with Gasteiger partial charge in [0.2, 0.25) is 0 Å². The third-order valence-electron chi connectivity index (χ3n) is 7.08. The molecular weight excluding hydrogens is 452 g/mol. The second-order valence-electron chi connectivity index (χ2n) is 9.95. The lowest BCUT2D eigenvalue weighted by molar-refractivity contribution is 0.0803. The predicted molar refractivity (Wildman–Crippen MR) is 145 cm³/mol. The Bertz CT molecular complexity index is 913. The Balaban J connectivity index is 1.63. The van der Waals surface area contributed by atoms with Crippen LogP contribution in [0.3, 0.4) is 0 Å². The molecule has 0 spiro atoms. The zero-order valence-electron chi connectivity index (χ0n) is 22.2. The fraction of sp³-hybridized carbons (Fsp3) is 0.621. The molecule has 198 valence electrons. The molecule has 1 saturated carbocycles. The Labute approximate surface area is 216 Å².